The number of likely N-dealkylation sites (tertiary alicyclic amines) is 1. The second kappa shape index (κ2) is 6.62. The number of piperidine rings is 1. The average Bonchev–Trinajstić information content (AvgIpc) is 3.16. The van der Waals surface area contributed by atoms with Crippen molar-refractivity contribution in [2.75, 3.05) is 45.9 Å². The number of carbonyl (C=O) groups excluding carboxylic acids is 2. The average molecular weight is 296 g/mol. The molecule has 0 radical (unpaired) electrons. The summed E-state index contributed by atoms with van der Waals surface area (Å²) in [5, 5.41) is 5.53. The first-order valence-corrected chi connectivity index (χ1v) is 7.89. The first kappa shape index (κ1) is 14.6. The third kappa shape index (κ3) is 3.47. The number of imide groups is 1. The van der Waals surface area contributed by atoms with Crippen molar-refractivity contribution in [3.05, 3.63) is 0 Å². The van der Waals surface area contributed by atoms with E-state index in [0.717, 1.165) is 45.6 Å². The van der Waals surface area contributed by atoms with Crippen LogP contribution in [0.4, 0.5) is 9.59 Å². The molecular formula is C14H24N4O3. The first-order chi connectivity index (χ1) is 10.2. The van der Waals surface area contributed by atoms with Crippen molar-refractivity contribution < 1.29 is 14.3 Å². The third-order valence-electron chi connectivity index (χ3n) is 4.72. The largest absolute Gasteiger partial charge is 0.380 e. The van der Waals surface area contributed by atoms with Crippen molar-refractivity contribution in [1.29, 1.82) is 0 Å². The zero-order valence-corrected chi connectivity index (χ0v) is 12.3. The van der Waals surface area contributed by atoms with Gasteiger partial charge < -0.3 is 15.4 Å². The van der Waals surface area contributed by atoms with E-state index in [4.69, 9.17) is 4.74 Å². The van der Waals surface area contributed by atoms with E-state index in [0.29, 0.717) is 31.6 Å². The molecular weight excluding hydrogens is 272 g/mol. The molecule has 1 atom stereocenters. The van der Waals surface area contributed by atoms with Gasteiger partial charge in [-0.1, -0.05) is 0 Å². The van der Waals surface area contributed by atoms with Gasteiger partial charge in [-0.05, 0) is 38.3 Å². The Balaban J connectivity index is 1.37. The zero-order chi connectivity index (χ0) is 14.7. The Bertz CT molecular complexity index is 390. The molecule has 3 heterocycles. The minimum atomic E-state index is -0.288. The Kier molecular flexibility index (Phi) is 4.60. The molecule has 3 rings (SSSR count). The lowest BCUT2D eigenvalue weighted by molar-refractivity contribution is 0.109. The van der Waals surface area contributed by atoms with Gasteiger partial charge in [-0.3, -0.25) is 4.90 Å². The normalized spacial score (nSPS) is 27.9. The molecule has 0 spiro atoms. The number of amides is 4. The van der Waals surface area contributed by atoms with Crippen LogP contribution in [-0.2, 0) is 4.74 Å². The first-order valence-electron chi connectivity index (χ1n) is 7.89. The van der Waals surface area contributed by atoms with Gasteiger partial charge in [0.05, 0.1) is 6.61 Å². The summed E-state index contributed by atoms with van der Waals surface area (Å²) in [6, 6.07) is 0.0361. The zero-order valence-electron chi connectivity index (χ0n) is 12.3. The summed E-state index contributed by atoms with van der Waals surface area (Å²) >= 11 is 0. The Labute approximate surface area is 125 Å². The van der Waals surface area contributed by atoms with Crippen LogP contribution >= 0.6 is 0 Å². The van der Waals surface area contributed by atoms with Gasteiger partial charge in [0.2, 0.25) is 0 Å². The van der Waals surface area contributed by atoms with E-state index in [2.05, 4.69) is 15.5 Å². The second-order valence-corrected chi connectivity index (χ2v) is 6.07. The molecule has 7 nitrogen and oxygen atoms in total. The molecule has 0 saturated carbocycles. The van der Waals surface area contributed by atoms with Crippen molar-refractivity contribution in [2.45, 2.75) is 25.3 Å². The number of hydrogen-bond acceptors (Lipinski definition) is 4. The van der Waals surface area contributed by atoms with Crippen LogP contribution < -0.4 is 10.6 Å². The molecule has 3 fully saturated rings. The molecule has 0 aliphatic carbocycles. The maximum absolute atomic E-state index is 11.9. The smallest absolute Gasteiger partial charge is 0.325 e. The molecule has 4 amide bonds. The Morgan fingerprint density at radius 3 is 2.71 bits per heavy atom. The standard InChI is InChI=1S/C14H24N4O3/c19-13-15-4-7-18(13)14(20)16-9-11-1-5-17(6-2-11)12-3-8-21-10-12/h11-12H,1-10H2,(H,15,19)(H,16,20)/t12-/m1/s1. The highest BCUT2D eigenvalue weighted by molar-refractivity contribution is 5.94. The number of ether oxygens (including phenoxy) is 1. The monoisotopic (exact) mass is 296 g/mol. The molecule has 0 aromatic heterocycles. The molecule has 21 heavy (non-hydrogen) atoms. The van der Waals surface area contributed by atoms with Crippen LogP contribution in [0, 0.1) is 5.92 Å². The van der Waals surface area contributed by atoms with Crippen LogP contribution in [0.3, 0.4) is 0 Å². The number of nitrogens with one attached hydrogen (secondary N) is 2. The molecule has 2 N–H and O–H groups in total. The van der Waals surface area contributed by atoms with E-state index >= 15 is 0 Å². The number of nitrogens with zero attached hydrogens (tertiary/aromatic N) is 2. The predicted octanol–water partition coefficient (Wildman–Crippen LogP) is 0.222. The highest BCUT2D eigenvalue weighted by atomic mass is 16.5. The molecule has 7 heteroatoms. The van der Waals surface area contributed by atoms with E-state index in [1.807, 2.05) is 0 Å². The van der Waals surface area contributed by atoms with Crippen molar-refractivity contribution in [1.82, 2.24) is 20.4 Å². The summed E-state index contributed by atoms with van der Waals surface area (Å²) in [4.78, 5) is 27.0. The van der Waals surface area contributed by atoms with Gasteiger partial charge in [0.25, 0.3) is 0 Å². The molecule has 0 aromatic carbocycles. The van der Waals surface area contributed by atoms with Gasteiger partial charge in [-0.25, -0.2) is 14.5 Å². The van der Waals surface area contributed by atoms with Gasteiger partial charge in [-0.15, -0.1) is 0 Å². The number of rotatable bonds is 3. The van der Waals surface area contributed by atoms with Crippen LogP contribution in [0.2, 0.25) is 0 Å². The summed E-state index contributed by atoms with van der Waals surface area (Å²) in [6.45, 7) is 5.60. The van der Waals surface area contributed by atoms with Crippen molar-refractivity contribution in [3.63, 3.8) is 0 Å². The van der Waals surface area contributed by atoms with Crippen molar-refractivity contribution in [2.24, 2.45) is 5.92 Å². The molecule has 3 aliphatic rings. The number of hydrogen-bond donors (Lipinski definition) is 2. The van der Waals surface area contributed by atoms with E-state index in [9.17, 15) is 9.59 Å². The maximum atomic E-state index is 11.9. The Morgan fingerprint density at radius 1 is 1.29 bits per heavy atom. The fraction of sp³-hybridized carbons (Fsp3) is 0.857. The minimum absolute atomic E-state index is 0.267. The van der Waals surface area contributed by atoms with Gasteiger partial charge in [0.1, 0.15) is 0 Å². The Hall–Kier alpha value is -1.34. The highest BCUT2D eigenvalue weighted by Gasteiger charge is 2.29. The summed E-state index contributed by atoms with van der Waals surface area (Å²) in [5.41, 5.74) is 0. The van der Waals surface area contributed by atoms with Crippen LogP contribution in [0.1, 0.15) is 19.3 Å². The highest BCUT2D eigenvalue weighted by Crippen LogP contribution is 2.21. The van der Waals surface area contributed by atoms with Crippen LogP contribution in [0.5, 0.6) is 0 Å². The molecule has 0 bridgehead atoms. The minimum Gasteiger partial charge on any atom is -0.380 e. The predicted molar refractivity (Wildman–Crippen MR) is 77.0 cm³/mol. The second-order valence-electron chi connectivity index (χ2n) is 6.07. The third-order valence-corrected chi connectivity index (χ3v) is 4.72. The van der Waals surface area contributed by atoms with Crippen molar-refractivity contribution >= 4 is 12.1 Å². The fourth-order valence-electron chi connectivity index (χ4n) is 3.32. The summed E-state index contributed by atoms with van der Waals surface area (Å²) in [7, 11) is 0. The number of carbonyl (C=O) groups is 2. The summed E-state index contributed by atoms with van der Waals surface area (Å²) < 4.78 is 5.44. The van der Waals surface area contributed by atoms with Crippen molar-refractivity contribution in [3.8, 4) is 0 Å². The lowest BCUT2D eigenvalue weighted by Gasteiger charge is -2.35. The SMILES string of the molecule is O=C1NCCN1C(=O)NCC1CCN([C@@H]2CCOC2)CC1. The molecule has 3 saturated heterocycles. The topological polar surface area (TPSA) is 73.9 Å². The quantitative estimate of drug-likeness (QED) is 0.781. The van der Waals surface area contributed by atoms with Crippen LogP contribution in [0.25, 0.3) is 0 Å². The van der Waals surface area contributed by atoms with Gasteiger partial charge in [-0.2, -0.15) is 0 Å². The maximum Gasteiger partial charge on any atom is 0.325 e. The van der Waals surface area contributed by atoms with E-state index in [-0.39, 0.29) is 12.1 Å². The summed E-state index contributed by atoms with van der Waals surface area (Å²) in [5.74, 6) is 0.512. The van der Waals surface area contributed by atoms with E-state index in [1.54, 1.807) is 0 Å². The van der Waals surface area contributed by atoms with E-state index in [1.165, 1.54) is 4.90 Å². The number of urea groups is 2. The van der Waals surface area contributed by atoms with Crippen LogP contribution in [-0.4, -0.2) is 73.8 Å². The lowest BCUT2D eigenvalue weighted by Crippen LogP contribution is -2.46. The van der Waals surface area contributed by atoms with Gasteiger partial charge in [0.15, 0.2) is 0 Å². The van der Waals surface area contributed by atoms with Crippen LogP contribution in [0.15, 0.2) is 0 Å². The van der Waals surface area contributed by atoms with Gasteiger partial charge >= 0.3 is 12.1 Å². The summed E-state index contributed by atoms with van der Waals surface area (Å²) in [6.07, 6.45) is 3.34. The molecule has 0 unspecified atom stereocenters. The van der Waals surface area contributed by atoms with E-state index < -0.39 is 0 Å². The lowest BCUT2D eigenvalue weighted by atomic mass is 9.95. The molecule has 3 aliphatic heterocycles. The van der Waals surface area contributed by atoms with Gasteiger partial charge in [0, 0.05) is 32.3 Å². The fourth-order valence-corrected chi connectivity index (χ4v) is 3.32. The molecule has 118 valence electrons. The Morgan fingerprint density at radius 2 is 2.10 bits per heavy atom. The molecule has 0 aromatic rings.